The first-order valence-corrected chi connectivity index (χ1v) is 11.5. The monoisotopic (exact) mass is 430 g/mol. The minimum absolute atomic E-state index is 0.0154. The van der Waals surface area contributed by atoms with Crippen LogP contribution in [-0.2, 0) is 26.2 Å². The molecule has 1 N–H and O–H groups in total. The number of hydrogen-bond acceptors (Lipinski definition) is 6. The molecular weight excluding hydrogens is 408 g/mol. The normalized spacial score (nSPS) is 12.7. The van der Waals surface area contributed by atoms with Gasteiger partial charge in [-0.05, 0) is 18.1 Å². The van der Waals surface area contributed by atoms with Crippen molar-refractivity contribution in [2.45, 2.75) is 31.4 Å². The predicted molar refractivity (Wildman–Crippen MR) is 113 cm³/mol. The number of esters is 1. The van der Waals surface area contributed by atoms with E-state index < -0.39 is 22.0 Å². The van der Waals surface area contributed by atoms with Crippen LogP contribution >= 0.6 is 11.3 Å². The van der Waals surface area contributed by atoms with Crippen LogP contribution in [0, 0.1) is 5.92 Å². The molecule has 0 fully saturated rings. The van der Waals surface area contributed by atoms with Gasteiger partial charge >= 0.3 is 5.97 Å². The van der Waals surface area contributed by atoms with Gasteiger partial charge in [0.25, 0.3) is 0 Å². The van der Waals surface area contributed by atoms with E-state index in [0.29, 0.717) is 5.69 Å². The summed E-state index contributed by atoms with van der Waals surface area (Å²) in [6.45, 7) is 3.50. The minimum atomic E-state index is -3.83. The van der Waals surface area contributed by atoms with E-state index in [9.17, 15) is 13.2 Å². The van der Waals surface area contributed by atoms with Gasteiger partial charge in [0.05, 0.1) is 10.6 Å². The lowest BCUT2D eigenvalue weighted by molar-refractivity contribution is -0.148. The molecule has 152 valence electrons. The molecule has 0 spiro atoms. The van der Waals surface area contributed by atoms with Crippen LogP contribution in [0.15, 0.2) is 70.9 Å². The molecule has 2 aromatic carbocycles. The van der Waals surface area contributed by atoms with E-state index in [0.717, 1.165) is 10.6 Å². The summed E-state index contributed by atoms with van der Waals surface area (Å²) in [4.78, 5) is 17.2. The second kappa shape index (κ2) is 9.30. The highest BCUT2D eigenvalue weighted by molar-refractivity contribution is 7.89. The zero-order chi connectivity index (χ0) is 20.9. The highest BCUT2D eigenvalue weighted by Gasteiger charge is 2.29. The highest BCUT2D eigenvalue weighted by Crippen LogP contribution is 2.23. The number of nitrogens with zero attached hydrogens (tertiary/aromatic N) is 1. The smallest absolute Gasteiger partial charge is 0.324 e. The molecule has 1 aromatic heterocycles. The second-order valence-electron chi connectivity index (χ2n) is 6.77. The van der Waals surface area contributed by atoms with Crippen molar-refractivity contribution < 1.29 is 17.9 Å². The van der Waals surface area contributed by atoms with Gasteiger partial charge in [-0.2, -0.15) is 4.72 Å². The summed E-state index contributed by atoms with van der Waals surface area (Å²) < 4.78 is 32.9. The highest BCUT2D eigenvalue weighted by atomic mass is 32.2. The van der Waals surface area contributed by atoms with Crippen molar-refractivity contribution >= 4 is 27.3 Å². The summed E-state index contributed by atoms with van der Waals surface area (Å²) >= 11 is 1.46. The third-order valence-electron chi connectivity index (χ3n) is 4.19. The first-order valence-electron chi connectivity index (χ1n) is 9.10. The number of sulfonamides is 1. The molecule has 0 saturated heterocycles. The molecule has 0 radical (unpaired) electrons. The zero-order valence-corrected chi connectivity index (χ0v) is 17.7. The Bertz CT molecular complexity index is 1050. The number of benzene rings is 2. The van der Waals surface area contributed by atoms with Crippen LogP contribution in [0.25, 0.3) is 10.6 Å². The van der Waals surface area contributed by atoms with Crippen LogP contribution in [0.2, 0.25) is 0 Å². The van der Waals surface area contributed by atoms with Crippen molar-refractivity contribution in [2.75, 3.05) is 0 Å². The molecule has 8 heteroatoms. The van der Waals surface area contributed by atoms with Crippen LogP contribution in [0.1, 0.15) is 19.5 Å². The molecule has 6 nitrogen and oxygen atoms in total. The van der Waals surface area contributed by atoms with E-state index in [1.165, 1.54) is 23.5 Å². The summed E-state index contributed by atoms with van der Waals surface area (Å²) in [5, 5.41) is 2.66. The Morgan fingerprint density at radius 1 is 1.07 bits per heavy atom. The van der Waals surface area contributed by atoms with Crippen LogP contribution in [0.3, 0.4) is 0 Å². The number of carbonyl (C=O) groups is 1. The van der Waals surface area contributed by atoms with Crippen molar-refractivity contribution in [1.29, 1.82) is 0 Å². The Morgan fingerprint density at radius 3 is 2.31 bits per heavy atom. The molecule has 0 saturated carbocycles. The van der Waals surface area contributed by atoms with Gasteiger partial charge in [-0.3, -0.25) is 4.79 Å². The lowest BCUT2D eigenvalue weighted by Gasteiger charge is -2.20. The molecule has 1 atom stereocenters. The number of nitrogens with one attached hydrogen (secondary N) is 1. The average molecular weight is 431 g/mol. The van der Waals surface area contributed by atoms with Gasteiger partial charge in [0.15, 0.2) is 0 Å². The van der Waals surface area contributed by atoms with E-state index in [1.807, 2.05) is 35.7 Å². The largest absolute Gasteiger partial charge is 0.458 e. The van der Waals surface area contributed by atoms with Crippen molar-refractivity contribution in [3.63, 3.8) is 0 Å². The number of thiazole rings is 1. The summed E-state index contributed by atoms with van der Waals surface area (Å²) in [5.41, 5.74) is 1.61. The lowest BCUT2D eigenvalue weighted by atomic mass is 10.1. The van der Waals surface area contributed by atoms with Crippen LogP contribution in [-0.4, -0.2) is 25.4 Å². The molecule has 0 bridgehead atoms. The third kappa shape index (κ3) is 5.50. The van der Waals surface area contributed by atoms with Gasteiger partial charge < -0.3 is 4.74 Å². The molecule has 29 heavy (non-hydrogen) atoms. The lowest BCUT2D eigenvalue weighted by Crippen LogP contribution is -2.45. The zero-order valence-electron chi connectivity index (χ0n) is 16.1. The topological polar surface area (TPSA) is 85.4 Å². The maximum absolute atomic E-state index is 12.6. The quantitative estimate of drug-likeness (QED) is 0.549. The molecule has 1 heterocycles. The average Bonchev–Trinajstić information content (AvgIpc) is 3.20. The SMILES string of the molecule is CC(C)[C@H](NS(=O)(=O)c1ccccc1)C(=O)OCc1csc(-c2ccccc2)n1. The van der Waals surface area contributed by atoms with Gasteiger partial charge in [-0.15, -0.1) is 11.3 Å². The Balaban J connectivity index is 1.65. The van der Waals surface area contributed by atoms with Crippen molar-refractivity contribution in [3.05, 3.63) is 71.7 Å². The summed E-state index contributed by atoms with van der Waals surface area (Å²) in [6.07, 6.45) is 0. The third-order valence-corrected chi connectivity index (χ3v) is 6.59. The fourth-order valence-electron chi connectivity index (χ4n) is 2.61. The van der Waals surface area contributed by atoms with Crippen molar-refractivity contribution in [1.82, 2.24) is 9.71 Å². The minimum Gasteiger partial charge on any atom is -0.458 e. The van der Waals surface area contributed by atoms with E-state index in [-0.39, 0.29) is 17.4 Å². The fourth-order valence-corrected chi connectivity index (χ4v) is 4.78. The molecule has 0 amide bonds. The number of carbonyl (C=O) groups excluding carboxylic acids is 1. The van der Waals surface area contributed by atoms with E-state index in [2.05, 4.69) is 9.71 Å². The number of rotatable bonds is 8. The van der Waals surface area contributed by atoms with Crippen LogP contribution in [0.4, 0.5) is 0 Å². The first-order chi connectivity index (χ1) is 13.9. The molecule has 0 unspecified atom stereocenters. The molecule has 0 aliphatic carbocycles. The van der Waals surface area contributed by atoms with Crippen LogP contribution in [0.5, 0.6) is 0 Å². The predicted octanol–water partition coefficient (Wildman–Crippen LogP) is 3.86. The molecule has 3 rings (SSSR count). The Labute approximate surface area is 174 Å². The summed E-state index contributed by atoms with van der Waals surface area (Å²) in [7, 11) is -3.83. The maximum atomic E-state index is 12.6. The van der Waals surface area contributed by atoms with Crippen molar-refractivity contribution in [3.8, 4) is 10.6 Å². The van der Waals surface area contributed by atoms with Crippen LogP contribution < -0.4 is 4.72 Å². The number of hydrogen-bond donors (Lipinski definition) is 1. The van der Waals surface area contributed by atoms with Crippen molar-refractivity contribution in [2.24, 2.45) is 5.92 Å². The Morgan fingerprint density at radius 2 is 1.69 bits per heavy atom. The summed E-state index contributed by atoms with van der Waals surface area (Å²) in [5.74, 6) is -0.912. The number of aromatic nitrogens is 1. The molecular formula is C21H22N2O4S2. The summed E-state index contributed by atoms with van der Waals surface area (Å²) in [6, 6.07) is 16.7. The number of ether oxygens (including phenoxy) is 1. The standard InChI is InChI=1S/C21H22N2O4S2/c1-15(2)19(23-29(25,26)18-11-7-4-8-12-18)21(24)27-13-17-14-28-20(22-17)16-9-5-3-6-10-16/h3-12,14-15,19,23H,13H2,1-2H3/t19-/m0/s1. The van der Waals surface area contributed by atoms with E-state index in [1.54, 1.807) is 32.0 Å². The van der Waals surface area contributed by atoms with Gasteiger partial charge in [0, 0.05) is 10.9 Å². The van der Waals surface area contributed by atoms with E-state index >= 15 is 0 Å². The Kier molecular flexibility index (Phi) is 6.79. The fraction of sp³-hybridized carbons (Fsp3) is 0.238. The van der Waals surface area contributed by atoms with Gasteiger partial charge in [0.1, 0.15) is 17.7 Å². The van der Waals surface area contributed by atoms with Gasteiger partial charge in [-0.1, -0.05) is 62.4 Å². The van der Waals surface area contributed by atoms with Gasteiger partial charge in [-0.25, -0.2) is 13.4 Å². The molecule has 0 aliphatic heterocycles. The first kappa shape index (κ1) is 21.2. The second-order valence-corrected chi connectivity index (χ2v) is 9.35. The molecule has 3 aromatic rings. The van der Waals surface area contributed by atoms with E-state index in [4.69, 9.17) is 4.74 Å². The van der Waals surface area contributed by atoms with Gasteiger partial charge in [0.2, 0.25) is 10.0 Å². The molecule has 0 aliphatic rings. The Hall–Kier alpha value is -2.55. The maximum Gasteiger partial charge on any atom is 0.324 e.